The number of hydrogen-bond acceptors (Lipinski definition) is 2. The zero-order chi connectivity index (χ0) is 13.9. The molecule has 1 atom stereocenters. The first-order valence-electron chi connectivity index (χ1n) is 6.94. The van der Waals surface area contributed by atoms with Gasteiger partial charge in [0.05, 0.1) is 6.04 Å². The molecule has 3 rings (SSSR count). The number of rotatable bonds is 2. The Morgan fingerprint density at radius 3 is 2.75 bits per heavy atom. The topological polar surface area (TPSA) is 41.1 Å². The van der Waals surface area contributed by atoms with Crippen LogP contribution in [-0.2, 0) is 11.2 Å². The van der Waals surface area contributed by atoms with Crippen LogP contribution in [0, 0.1) is 0 Å². The molecule has 2 aromatic rings. The molecule has 2 N–H and O–H groups in total. The van der Waals surface area contributed by atoms with Crippen LogP contribution in [0.2, 0.25) is 0 Å². The van der Waals surface area contributed by atoms with Crippen LogP contribution in [0.1, 0.15) is 30.5 Å². The van der Waals surface area contributed by atoms with E-state index in [-0.39, 0.29) is 5.91 Å². The van der Waals surface area contributed by atoms with E-state index < -0.39 is 0 Å². The van der Waals surface area contributed by atoms with Crippen molar-refractivity contribution in [1.29, 1.82) is 0 Å². The van der Waals surface area contributed by atoms with Gasteiger partial charge in [-0.25, -0.2) is 0 Å². The van der Waals surface area contributed by atoms with Crippen molar-refractivity contribution in [3.05, 3.63) is 59.7 Å². The second kappa shape index (κ2) is 5.37. The zero-order valence-corrected chi connectivity index (χ0v) is 11.5. The highest BCUT2D eigenvalue weighted by Gasteiger charge is 2.19. The Balaban J connectivity index is 1.80. The molecule has 3 heteroatoms. The third-order valence-corrected chi connectivity index (χ3v) is 3.66. The molecule has 0 fully saturated rings. The van der Waals surface area contributed by atoms with Gasteiger partial charge in [0.1, 0.15) is 0 Å². The minimum atomic E-state index is -0.0316. The predicted octanol–water partition coefficient (Wildman–Crippen LogP) is 3.74. The number of hydrogen-bond donors (Lipinski definition) is 2. The SMILES string of the molecule is CC(=O)Nc1ccc2c(c1)CCC(c1ccccc1)N2. The summed E-state index contributed by atoms with van der Waals surface area (Å²) < 4.78 is 0. The van der Waals surface area contributed by atoms with Crippen LogP contribution in [0.4, 0.5) is 11.4 Å². The predicted molar refractivity (Wildman–Crippen MR) is 81.9 cm³/mol. The molecule has 0 saturated carbocycles. The second-order valence-electron chi connectivity index (χ2n) is 5.20. The number of fused-ring (bicyclic) bond motifs is 1. The summed E-state index contributed by atoms with van der Waals surface area (Å²) in [6.07, 6.45) is 2.09. The number of nitrogens with one attached hydrogen (secondary N) is 2. The molecule has 0 bridgehead atoms. The van der Waals surface area contributed by atoms with Gasteiger partial charge in [-0.2, -0.15) is 0 Å². The highest BCUT2D eigenvalue weighted by atomic mass is 16.1. The van der Waals surface area contributed by atoms with E-state index in [1.807, 2.05) is 12.1 Å². The molecule has 0 radical (unpaired) electrons. The number of carbonyl (C=O) groups excluding carboxylic acids is 1. The minimum Gasteiger partial charge on any atom is -0.378 e. The molecular formula is C17H18N2O. The maximum absolute atomic E-state index is 11.1. The number of carbonyl (C=O) groups is 1. The van der Waals surface area contributed by atoms with Crippen LogP contribution in [0.25, 0.3) is 0 Å². The van der Waals surface area contributed by atoms with Crippen LogP contribution in [0.15, 0.2) is 48.5 Å². The summed E-state index contributed by atoms with van der Waals surface area (Å²) in [6.45, 7) is 1.53. The fourth-order valence-electron chi connectivity index (χ4n) is 2.72. The monoisotopic (exact) mass is 266 g/mol. The van der Waals surface area contributed by atoms with Crippen LogP contribution >= 0.6 is 0 Å². The lowest BCUT2D eigenvalue weighted by atomic mass is 9.93. The van der Waals surface area contributed by atoms with Crippen molar-refractivity contribution in [1.82, 2.24) is 0 Å². The quantitative estimate of drug-likeness (QED) is 0.869. The van der Waals surface area contributed by atoms with E-state index in [0.717, 1.165) is 18.5 Å². The summed E-state index contributed by atoms with van der Waals surface area (Å²) in [5.41, 5.74) is 4.63. The summed E-state index contributed by atoms with van der Waals surface area (Å²) in [7, 11) is 0. The van der Waals surface area contributed by atoms with Gasteiger partial charge >= 0.3 is 0 Å². The second-order valence-corrected chi connectivity index (χ2v) is 5.20. The molecular weight excluding hydrogens is 248 g/mol. The van der Waals surface area contributed by atoms with Crippen LogP contribution < -0.4 is 10.6 Å². The van der Waals surface area contributed by atoms with Crippen molar-refractivity contribution in [2.75, 3.05) is 10.6 Å². The maximum Gasteiger partial charge on any atom is 0.221 e. The lowest BCUT2D eigenvalue weighted by Gasteiger charge is -2.28. The van der Waals surface area contributed by atoms with Crippen molar-refractivity contribution in [2.45, 2.75) is 25.8 Å². The van der Waals surface area contributed by atoms with Gasteiger partial charge in [-0.15, -0.1) is 0 Å². The third-order valence-electron chi connectivity index (χ3n) is 3.66. The van der Waals surface area contributed by atoms with Gasteiger partial charge in [-0.1, -0.05) is 30.3 Å². The van der Waals surface area contributed by atoms with Gasteiger partial charge in [0.25, 0.3) is 0 Å². The number of anilines is 2. The van der Waals surface area contributed by atoms with E-state index in [1.54, 1.807) is 0 Å². The van der Waals surface area contributed by atoms with Crippen molar-refractivity contribution in [3.8, 4) is 0 Å². The third kappa shape index (κ3) is 2.67. The largest absolute Gasteiger partial charge is 0.378 e. The molecule has 1 aliphatic heterocycles. The lowest BCUT2D eigenvalue weighted by molar-refractivity contribution is -0.114. The Kier molecular flexibility index (Phi) is 3.42. The molecule has 102 valence electrons. The van der Waals surface area contributed by atoms with E-state index in [1.165, 1.54) is 23.7 Å². The molecule has 0 aromatic heterocycles. The number of benzene rings is 2. The average molecular weight is 266 g/mol. The standard InChI is InChI=1S/C17H18N2O/c1-12(20)18-15-8-10-17-14(11-15)7-9-16(19-17)13-5-3-2-4-6-13/h2-6,8,10-11,16,19H,7,9H2,1H3,(H,18,20). The summed E-state index contributed by atoms with van der Waals surface area (Å²) in [4.78, 5) is 11.1. The lowest BCUT2D eigenvalue weighted by Crippen LogP contribution is -2.18. The smallest absolute Gasteiger partial charge is 0.221 e. The molecule has 1 aliphatic rings. The Hall–Kier alpha value is -2.29. The summed E-state index contributed by atoms with van der Waals surface area (Å²) >= 11 is 0. The molecule has 3 nitrogen and oxygen atoms in total. The van der Waals surface area contributed by atoms with E-state index in [0.29, 0.717) is 6.04 Å². The summed E-state index contributed by atoms with van der Waals surface area (Å²) in [6, 6.07) is 16.9. The Bertz CT molecular complexity index is 622. The van der Waals surface area contributed by atoms with E-state index >= 15 is 0 Å². The van der Waals surface area contributed by atoms with Crippen molar-refractivity contribution in [3.63, 3.8) is 0 Å². The van der Waals surface area contributed by atoms with Gasteiger partial charge in [0.2, 0.25) is 5.91 Å². The van der Waals surface area contributed by atoms with Crippen LogP contribution in [0.3, 0.4) is 0 Å². The highest BCUT2D eigenvalue weighted by Crippen LogP contribution is 2.33. The highest BCUT2D eigenvalue weighted by molar-refractivity contribution is 5.89. The fraction of sp³-hybridized carbons (Fsp3) is 0.235. The molecule has 1 amide bonds. The Labute approximate surface area is 119 Å². The first-order valence-corrected chi connectivity index (χ1v) is 6.94. The maximum atomic E-state index is 11.1. The van der Waals surface area contributed by atoms with Gasteiger partial charge in [0.15, 0.2) is 0 Å². The van der Waals surface area contributed by atoms with Crippen LogP contribution in [-0.4, -0.2) is 5.91 Å². The molecule has 0 aliphatic carbocycles. The molecule has 2 aromatic carbocycles. The summed E-state index contributed by atoms with van der Waals surface area (Å²) in [5.74, 6) is -0.0316. The molecule has 20 heavy (non-hydrogen) atoms. The number of amides is 1. The average Bonchev–Trinajstić information content (AvgIpc) is 2.47. The first kappa shape index (κ1) is 12.7. The zero-order valence-electron chi connectivity index (χ0n) is 11.5. The molecule has 0 spiro atoms. The summed E-state index contributed by atoms with van der Waals surface area (Å²) in [5, 5.41) is 6.41. The fourth-order valence-corrected chi connectivity index (χ4v) is 2.72. The van der Waals surface area contributed by atoms with E-state index in [4.69, 9.17) is 0 Å². The van der Waals surface area contributed by atoms with Crippen molar-refractivity contribution < 1.29 is 4.79 Å². The minimum absolute atomic E-state index is 0.0316. The Morgan fingerprint density at radius 1 is 1.20 bits per heavy atom. The van der Waals surface area contributed by atoms with E-state index in [2.05, 4.69) is 47.0 Å². The van der Waals surface area contributed by atoms with Crippen molar-refractivity contribution in [2.24, 2.45) is 0 Å². The molecule has 1 unspecified atom stereocenters. The van der Waals surface area contributed by atoms with Crippen LogP contribution in [0.5, 0.6) is 0 Å². The first-order chi connectivity index (χ1) is 9.72. The van der Waals surface area contributed by atoms with Gasteiger partial charge < -0.3 is 10.6 Å². The van der Waals surface area contributed by atoms with Gasteiger partial charge in [-0.3, -0.25) is 4.79 Å². The molecule has 1 heterocycles. The van der Waals surface area contributed by atoms with Gasteiger partial charge in [0, 0.05) is 18.3 Å². The van der Waals surface area contributed by atoms with Crippen molar-refractivity contribution >= 4 is 17.3 Å². The van der Waals surface area contributed by atoms with Gasteiger partial charge in [-0.05, 0) is 42.2 Å². The number of aryl methyl sites for hydroxylation is 1. The normalized spacial score (nSPS) is 16.9. The Morgan fingerprint density at radius 2 is 2.00 bits per heavy atom. The molecule has 0 saturated heterocycles. The van der Waals surface area contributed by atoms with E-state index in [9.17, 15) is 4.79 Å².